The number of hydrogen-bond donors (Lipinski definition) is 2. The number of aliphatic hydroxyl groups excluding tert-OH is 1. The summed E-state index contributed by atoms with van der Waals surface area (Å²) in [6.45, 7) is 4.80. The third kappa shape index (κ3) is 3.09. The first kappa shape index (κ1) is 24.7. The molecule has 9 heteroatoms. The zero-order valence-corrected chi connectivity index (χ0v) is 19.8. The van der Waals surface area contributed by atoms with Crippen molar-refractivity contribution in [3.05, 3.63) is 23.8 Å². The van der Waals surface area contributed by atoms with Gasteiger partial charge in [0.2, 0.25) is 5.78 Å². The van der Waals surface area contributed by atoms with Crippen molar-refractivity contribution in [1.29, 1.82) is 0 Å². The summed E-state index contributed by atoms with van der Waals surface area (Å²) in [5.74, 6) is -3.93. The van der Waals surface area contributed by atoms with Gasteiger partial charge < -0.3 is 19.7 Å². The molecule has 0 amide bonds. The second-order valence-electron chi connectivity index (χ2n) is 10.6. The third-order valence-electron chi connectivity index (χ3n) is 8.98. The lowest BCUT2D eigenvalue weighted by molar-refractivity contribution is -0.224. The fraction of sp³-hybridized carbons (Fsp3) is 0.680. The van der Waals surface area contributed by atoms with Crippen LogP contribution in [0.2, 0.25) is 0 Å². The minimum Gasteiger partial charge on any atom is -0.459 e. The van der Waals surface area contributed by atoms with Gasteiger partial charge in [0.25, 0.3) is 0 Å². The number of esters is 2. The highest BCUT2D eigenvalue weighted by Crippen LogP contribution is 2.70. The van der Waals surface area contributed by atoms with Crippen LogP contribution < -0.4 is 0 Å². The number of halogens is 1. The fourth-order valence-corrected chi connectivity index (χ4v) is 7.31. The van der Waals surface area contributed by atoms with E-state index < -0.39 is 70.5 Å². The van der Waals surface area contributed by atoms with Gasteiger partial charge in [-0.05, 0) is 50.7 Å². The first-order valence-electron chi connectivity index (χ1n) is 11.6. The summed E-state index contributed by atoms with van der Waals surface area (Å²) in [5.41, 5.74) is -6.42. The molecule has 0 aromatic rings. The van der Waals surface area contributed by atoms with Crippen molar-refractivity contribution in [1.82, 2.24) is 0 Å². The third-order valence-corrected chi connectivity index (χ3v) is 8.98. The zero-order valence-electron chi connectivity index (χ0n) is 19.8. The standard InChI is InChI=1S/C25H31FO8/c1-13(27)33-12-20(31)25(32)21(34-14(2)28)10-18-17-6-5-15-9-16(29)7-8-22(15,3)24(17,26)19(30)11-23(18,25)4/h7-9,17-19,21,30,32H,5-6,10-12H2,1-4H3/t17-,18-,19?,21?,22-,23-,24-,25+/m0/s1. The van der Waals surface area contributed by atoms with Crippen LogP contribution in [-0.4, -0.2) is 63.8 Å². The molecule has 3 saturated carbocycles. The van der Waals surface area contributed by atoms with E-state index in [0.717, 1.165) is 13.8 Å². The second-order valence-corrected chi connectivity index (χ2v) is 10.6. The van der Waals surface area contributed by atoms with Crippen molar-refractivity contribution < 1.29 is 43.3 Å². The number of alkyl halides is 1. The predicted octanol–water partition coefficient (Wildman–Crippen LogP) is 1.76. The molecule has 0 aliphatic heterocycles. The van der Waals surface area contributed by atoms with E-state index in [2.05, 4.69) is 0 Å². The molecule has 4 rings (SSSR count). The molecule has 3 fully saturated rings. The molecule has 0 saturated heterocycles. The smallest absolute Gasteiger partial charge is 0.303 e. The summed E-state index contributed by atoms with van der Waals surface area (Å²) < 4.78 is 27.4. The topological polar surface area (TPSA) is 127 Å². The molecule has 8 atom stereocenters. The highest BCUT2D eigenvalue weighted by atomic mass is 19.1. The van der Waals surface area contributed by atoms with Gasteiger partial charge in [-0.15, -0.1) is 0 Å². The van der Waals surface area contributed by atoms with E-state index in [1.54, 1.807) is 13.8 Å². The summed E-state index contributed by atoms with van der Waals surface area (Å²) >= 11 is 0. The van der Waals surface area contributed by atoms with E-state index >= 15 is 4.39 Å². The van der Waals surface area contributed by atoms with Crippen LogP contribution in [0.15, 0.2) is 23.8 Å². The highest BCUT2D eigenvalue weighted by Gasteiger charge is 2.77. The Morgan fingerprint density at radius 1 is 1.18 bits per heavy atom. The maximum atomic E-state index is 17.2. The number of carbonyl (C=O) groups excluding carboxylic acids is 4. The monoisotopic (exact) mass is 478 g/mol. The molecule has 0 bridgehead atoms. The molecule has 0 radical (unpaired) electrons. The molecule has 0 aromatic carbocycles. The molecule has 34 heavy (non-hydrogen) atoms. The van der Waals surface area contributed by atoms with Gasteiger partial charge in [-0.1, -0.05) is 18.6 Å². The number of aliphatic hydroxyl groups is 2. The summed E-state index contributed by atoms with van der Waals surface area (Å²) in [5, 5.41) is 23.1. The Kier molecular flexibility index (Phi) is 5.68. The number of ketones is 2. The van der Waals surface area contributed by atoms with E-state index in [1.807, 2.05) is 0 Å². The Labute approximate surface area is 197 Å². The zero-order chi connectivity index (χ0) is 25.3. The summed E-state index contributed by atoms with van der Waals surface area (Å²) in [6, 6.07) is 0. The Balaban J connectivity index is 1.80. The summed E-state index contributed by atoms with van der Waals surface area (Å²) in [6.07, 6.45) is 1.82. The van der Waals surface area contributed by atoms with Crippen LogP contribution in [-0.2, 0) is 28.7 Å². The van der Waals surface area contributed by atoms with E-state index in [1.165, 1.54) is 18.2 Å². The number of rotatable bonds is 4. The second kappa shape index (κ2) is 7.81. The van der Waals surface area contributed by atoms with Gasteiger partial charge in [0.1, 0.15) is 6.10 Å². The normalized spacial score (nSPS) is 44.9. The summed E-state index contributed by atoms with van der Waals surface area (Å²) in [7, 11) is 0. The maximum Gasteiger partial charge on any atom is 0.303 e. The van der Waals surface area contributed by atoms with Crippen molar-refractivity contribution in [2.75, 3.05) is 6.61 Å². The lowest BCUT2D eigenvalue weighted by atomic mass is 9.44. The van der Waals surface area contributed by atoms with Gasteiger partial charge in [-0.2, -0.15) is 0 Å². The molecule has 0 heterocycles. The van der Waals surface area contributed by atoms with E-state index in [-0.39, 0.29) is 25.0 Å². The predicted molar refractivity (Wildman–Crippen MR) is 116 cm³/mol. The lowest BCUT2D eigenvalue weighted by Crippen LogP contribution is -2.70. The molecule has 2 N–H and O–H groups in total. The number of Topliss-reactive ketones (excluding diaryl/α,β-unsaturated/α-hetero) is 1. The Morgan fingerprint density at radius 2 is 1.85 bits per heavy atom. The van der Waals surface area contributed by atoms with Crippen molar-refractivity contribution in [2.45, 2.75) is 76.9 Å². The van der Waals surface area contributed by atoms with Crippen LogP contribution in [0.3, 0.4) is 0 Å². The maximum absolute atomic E-state index is 17.2. The minimum atomic E-state index is -2.28. The van der Waals surface area contributed by atoms with Crippen LogP contribution in [0.4, 0.5) is 4.39 Å². The van der Waals surface area contributed by atoms with Crippen LogP contribution in [0.1, 0.15) is 53.4 Å². The van der Waals surface area contributed by atoms with Crippen LogP contribution in [0, 0.1) is 22.7 Å². The molecule has 0 spiro atoms. The SMILES string of the molecule is CC(=O)OCC(=O)[C@@]1(O)C(OC(C)=O)C[C@H]2[C@@H]3CCC4=CC(=O)C=C[C@]4(C)[C@@]3(F)C(O)C[C@@]21C. The van der Waals surface area contributed by atoms with E-state index in [9.17, 15) is 29.4 Å². The molecule has 4 aliphatic rings. The Morgan fingerprint density at radius 3 is 2.47 bits per heavy atom. The molecule has 4 aliphatic carbocycles. The van der Waals surface area contributed by atoms with Gasteiger partial charge >= 0.3 is 11.9 Å². The largest absolute Gasteiger partial charge is 0.459 e. The van der Waals surface area contributed by atoms with Gasteiger partial charge in [-0.3, -0.25) is 19.2 Å². The number of ether oxygens (including phenoxy) is 2. The lowest BCUT2D eigenvalue weighted by Gasteiger charge is -2.62. The first-order chi connectivity index (χ1) is 15.7. The first-order valence-corrected chi connectivity index (χ1v) is 11.6. The van der Waals surface area contributed by atoms with Crippen LogP contribution in [0.25, 0.3) is 0 Å². The van der Waals surface area contributed by atoms with Crippen molar-refractivity contribution >= 4 is 23.5 Å². The number of hydrogen-bond acceptors (Lipinski definition) is 8. The van der Waals surface area contributed by atoms with E-state index in [4.69, 9.17) is 9.47 Å². The van der Waals surface area contributed by atoms with Gasteiger partial charge in [0.15, 0.2) is 23.7 Å². The van der Waals surface area contributed by atoms with Gasteiger partial charge in [0, 0.05) is 30.6 Å². The van der Waals surface area contributed by atoms with Crippen LogP contribution >= 0.6 is 0 Å². The number of allylic oxidation sites excluding steroid dienone is 4. The quantitative estimate of drug-likeness (QED) is 0.586. The molecular formula is C25H31FO8. The molecule has 8 nitrogen and oxygen atoms in total. The van der Waals surface area contributed by atoms with Crippen molar-refractivity contribution in [3.8, 4) is 0 Å². The molecule has 0 aromatic heterocycles. The fourth-order valence-electron chi connectivity index (χ4n) is 7.31. The van der Waals surface area contributed by atoms with Crippen molar-refractivity contribution in [2.24, 2.45) is 22.7 Å². The summed E-state index contributed by atoms with van der Waals surface area (Å²) in [4.78, 5) is 48.4. The Hall–Kier alpha value is -2.39. The Bertz CT molecular complexity index is 1020. The van der Waals surface area contributed by atoms with Gasteiger partial charge in [-0.25, -0.2) is 4.39 Å². The van der Waals surface area contributed by atoms with Crippen molar-refractivity contribution in [3.63, 3.8) is 0 Å². The average molecular weight is 479 g/mol. The number of fused-ring (bicyclic) bond motifs is 5. The van der Waals surface area contributed by atoms with E-state index in [0.29, 0.717) is 12.0 Å². The van der Waals surface area contributed by atoms with Crippen LogP contribution in [0.5, 0.6) is 0 Å². The molecule has 2 unspecified atom stereocenters. The molecule has 186 valence electrons. The van der Waals surface area contributed by atoms with Gasteiger partial charge in [0.05, 0.1) is 6.10 Å². The minimum absolute atomic E-state index is 0.0131. The highest BCUT2D eigenvalue weighted by molar-refractivity contribution is 6.01. The number of carbonyl (C=O) groups is 4. The molecular weight excluding hydrogens is 447 g/mol. The average Bonchev–Trinajstić information content (AvgIpc) is 2.95.